The number of nitriles is 1. The van der Waals surface area contributed by atoms with Crippen molar-refractivity contribution in [1.82, 2.24) is 14.8 Å². The van der Waals surface area contributed by atoms with E-state index in [4.69, 9.17) is 5.26 Å². The van der Waals surface area contributed by atoms with Crippen LogP contribution in [0, 0.1) is 11.3 Å². The maximum atomic E-state index is 12.0. The fourth-order valence-corrected chi connectivity index (χ4v) is 2.87. The summed E-state index contributed by atoms with van der Waals surface area (Å²) in [6, 6.07) is 9.00. The van der Waals surface area contributed by atoms with Crippen LogP contribution in [-0.4, -0.2) is 26.4 Å². The molecule has 3 rings (SSSR count). The Bertz CT molecular complexity index is 745. The molecule has 1 aromatic carbocycles. The van der Waals surface area contributed by atoms with E-state index in [0.29, 0.717) is 17.2 Å². The first-order chi connectivity index (χ1) is 10.7. The van der Waals surface area contributed by atoms with E-state index < -0.39 is 0 Å². The lowest BCUT2D eigenvalue weighted by atomic mass is 10.2. The van der Waals surface area contributed by atoms with Crippen LogP contribution >= 0.6 is 11.8 Å². The van der Waals surface area contributed by atoms with Gasteiger partial charge in [0.25, 0.3) is 0 Å². The summed E-state index contributed by atoms with van der Waals surface area (Å²) in [6.07, 6.45) is 2.34. The van der Waals surface area contributed by atoms with Gasteiger partial charge in [0.2, 0.25) is 5.91 Å². The third-order valence-corrected chi connectivity index (χ3v) is 4.49. The standard InChI is InChI=1S/C15H15N5OS/c1-20-14(10-6-7-10)18-19-15(20)22-9-13(21)17-12-5-3-2-4-11(12)8-16/h2-5,10H,6-7,9H2,1H3,(H,17,21). The lowest BCUT2D eigenvalue weighted by Gasteiger charge is -2.06. The van der Waals surface area contributed by atoms with Gasteiger partial charge in [0.05, 0.1) is 17.0 Å². The highest BCUT2D eigenvalue weighted by molar-refractivity contribution is 7.99. The number of amides is 1. The lowest BCUT2D eigenvalue weighted by Crippen LogP contribution is -2.15. The van der Waals surface area contributed by atoms with Crippen LogP contribution in [0.4, 0.5) is 5.69 Å². The average molecular weight is 313 g/mol. The molecule has 1 aliphatic carbocycles. The van der Waals surface area contributed by atoms with Gasteiger partial charge < -0.3 is 9.88 Å². The highest BCUT2D eigenvalue weighted by atomic mass is 32.2. The van der Waals surface area contributed by atoms with Gasteiger partial charge in [-0.15, -0.1) is 10.2 Å². The average Bonchev–Trinajstić information content (AvgIpc) is 3.30. The molecule has 1 N–H and O–H groups in total. The number of anilines is 1. The molecule has 0 spiro atoms. The largest absolute Gasteiger partial charge is 0.324 e. The molecule has 112 valence electrons. The van der Waals surface area contributed by atoms with Crippen molar-refractivity contribution < 1.29 is 4.79 Å². The zero-order chi connectivity index (χ0) is 15.5. The molecule has 0 aliphatic heterocycles. The number of nitrogens with zero attached hydrogens (tertiary/aromatic N) is 4. The van der Waals surface area contributed by atoms with Gasteiger partial charge in [0, 0.05) is 13.0 Å². The van der Waals surface area contributed by atoms with E-state index in [9.17, 15) is 4.79 Å². The Morgan fingerprint density at radius 2 is 2.23 bits per heavy atom. The third kappa shape index (κ3) is 3.12. The van der Waals surface area contributed by atoms with Crippen LogP contribution in [0.3, 0.4) is 0 Å². The summed E-state index contributed by atoms with van der Waals surface area (Å²) >= 11 is 1.35. The molecule has 0 saturated heterocycles. The zero-order valence-electron chi connectivity index (χ0n) is 12.1. The molecule has 7 heteroatoms. The fraction of sp³-hybridized carbons (Fsp3) is 0.333. The molecule has 1 amide bonds. The van der Waals surface area contributed by atoms with Gasteiger partial charge in [-0.3, -0.25) is 4.79 Å². The number of aromatic nitrogens is 3. The molecule has 1 fully saturated rings. The number of nitrogens with one attached hydrogen (secondary N) is 1. The zero-order valence-corrected chi connectivity index (χ0v) is 12.9. The van der Waals surface area contributed by atoms with Crippen molar-refractivity contribution in [3.05, 3.63) is 35.7 Å². The fourth-order valence-electron chi connectivity index (χ4n) is 2.15. The number of hydrogen-bond donors (Lipinski definition) is 1. The monoisotopic (exact) mass is 313 g/mol. The number of rotatable bonds is 5. The van der Waals surface area contributed by atoms with E-state index in [0.717, 1.165) is 11.0 Å². The molecule has 2 aromatic rings. The first kappa shape index (κ1) is 14.6. The van der Waals surface area contributed by atoms with E-state index >= 15 is 0 Å². The van der Waals surface area contributed by atoms with Crippen LogP contribution in [0.25, 0.3) is 0 Å². The van der Waals surface area contributed by atoms with E-state index in [1.165, 1.54) is 24.6 Å². The molecule has 0 bridgehead atoms. The van der Waals surface area contributed by atoms with E-state index in [1.54, 1.807) is 24.3 Å². The first-order valence-electron chi connectivity index (χ1n) is 7.00. The normalized spacial score (nSPS) is 13.6. The summed E-state index contributed by atoms with van der Waals surface area (Å²) in [4.78, 5) is 12.0. The Morgan fingerprint density at radius 1 is 1.45 bits per heavy atom. The molecule has 1 saturated carbocycles. The minimum absolute atomic E-state index is 0.163. The summed E-state index contributed by atoms with van der Waals surface area (Å²) in [6.45, 7) is 0. The number of carbonyl (C=O) groups is 1. The molecule has 22 heavy (non-hydrogen) atoms. The molecule has 0 unspecified atom stereocenters. The van der Waals surface area contributed by atoms with Gasteiger partial charge in [0.15, 0.2) is 5.16 Å². The SMILES string of the molecule is Cn1c(SCC(=O)Nc2ccccc2C#N)nnc1C1CC1. The van der Waals surface area contributed by atoms with Crippen molar-refractivity contribution >= 4 is 23.4 Å². The highest BCUT2D eigenvalue weighted by Crippen LogP contribution is 2.39. The van der Waals surface area contributed by atoms with Gasteiger partial charge in [-0.05, 0) is 25.0 Å². The second-order valence-corrected chi connectivity index (χ2v) is 6.11. The predicted molar refractivity (Wildman–Crippen MR) is 83.5 cm³/mol. The minimum atomic E-state index is -0.163. The van der Waals surface area contributed by atoms with Crippen molar-refractivity contribution in [2.75, 3.05) is 11.1 Å². The summed E-state index contributed by atoms with van der Waals surface area (Å²) in [5.41, 5.74) is 0.989. The molecule has 1 heterocycles. The van der Waals surface area contributed by atoms with E-state index in [2.05, 4.69) is 21.6 Å². The minimum Gasteiger partial charge on any atom is -0.324 e. The number of carbonyl (C=O) groups excluding carboxylic acids is 1. The maximum absolute atomic E-state index is 12.0. The number of hydrogen-bond acceptors (Lipinski definition) is 5. The smallest absolute Gasteiger partial charge is 0.234 e. The Balaban J connectivity index is 1.59. The van der Waals surface area contributed by atoms with Crippen LogP contribution in [0.5, 0.6) is 0 Å². The first-order valence-corrected chi connectivity index (χ1v) is 7.98. The Kier molecular flexibility index (Phi) is 4.11. The molecule has 1 aliphatic rings. The molecular formula is C15H15N5OS. The Labute approximate surface area is 132 Å². The number of benzene rings is 1. The summed E-state index contributed by atoms with van der Waals surface area (Å²) in [5, 5.41) is 20.8. The van der Waals surface area contributed by atoms with Crippen molar-refractivity contribution in [2.24, 2.45) is 7.05 Å². The Morgan fingerprint density at radius 3 is 2.95 bits per heavy atom. The van der Waals surface area contributed by atoms with Gasteiger partial charge in [0.1, 0.15) is 11.9 Å². The van der Waals surface area contributed by atoms with Crippen molar-refractivity contribution in [1.29, 1.82) is 5.26 Å². The molecule has 0 atom stereocenters. The maximum Gasteiger partial charge on any atom is 0.234 e. The van der Waals surface area contributed by atoms with Gasteiger partial charge in [-0.2, -0.15) is 5.26 Å². The van der Waals surface area contributed by atoms with Crippen molar-refractivity contribution in [2.45, 2.75) is 23.9 Å². The van der Waals surface area contributed by atoms with Gasteiger partial charge >= 0.3 is 0 Å². The molecule has 6 nitrogen and oxygen atoms in total. The molecule has 1 aromatic heterocycles. The van der Waals surface area contributed by atoms with Crippen molar-refractivity contribution in [3.63, 3.8) is 0 Å². The Hall–Kier alpha value is -2.33. The summed E-state index contributed by atoms with van der Waals surface area (Å²) in [5.74, 6) is 1.60. The van der Waals surface area contributed by atoms with E-state index in [1.807, 2.05) is 11.6 Å². The van der Waals surface area contributed by atoms with Crippen LogP contribution in [0.1, 0.15) is 30.1 Å². The van der Waals surface area contributed by atoms with Crippen LogP contribution in [-0.2, 0) is 11.8 Å². The van der Waals surface area contributed by atoms with Crippen molar-refractivity contribution in [3.8, 4) is 6.07 Å². The quantitative estimate of drug-likeness (QED) is 0.856. The second kappa shape index (κ2) is 6.20. The van der Waals surface area contributed by atoms with E-state index in [-0.39, 0.29) is 11.7 Å². The third-order valence-electron chi connectivity index (χ3n) is 3.47. The topological polar surface area (TPSA) is 83.6 Å². The van der Waals surface area contributed by atoms with Gasteiger partial charge in [-0.1, -0.05) is 23.9 Å². The highest BCUT2D eigenvalue weighted by Gasteiger charge is 2.29. The predicted octanol–water partition coefficient (Wildman–Crippen LogP) is 2.29. The van der Waals surface area contributed by atoms with Gasteiger partial charge in [-0.25, -0.2) is 0 Å². The molecular weight excluding hydrogens is 298 g/mol. The van der Waals surface area contributed by atoms with Crippen LogP contribution < -0.4 is 5.32 Å². The summed E-state index contributed by atoms with van der Waals surface area (Å²) in [7, 11) is 1.93. The molecule has 0 radical (unpaired) electrons. The van der Waals surface area contributed by atoms with Crippen LogP contribution in [0.2, 0.25) is 0 Å². The number of thioether (sulfide) groups is 1. The van der Waals surface area contributed by atoms with Crippen LogP contribution in [0.15, 0.2) is 29.4 Å². The summed E-state index contributed by atoms with van der Waals surface area (Å²) < 4.78 is 1.96. The lowest BCUT2D eigenvalue weighted by molar-refractivity contribution is -0.113. The number of para-hydroxylation sites is 1. The second-order valence-electron chi connectivity index (χ2n) is 5.17.